The van der Waals surface area contributed by atoms with Gasteiger partial charge < -0.3 is 14.7 Å². The first-order valence-corrected chi connectivity index (χ1v) is 7.38. The summed E-state index contributed by atoms with van der Waals surface area (Å²) in [5.41, 5.74) is 0.786. The summed E-state index contributed by atoms with van der Waals surface area (Å²) in [6.45, 7) is -0.199. The van der Waals surface area contributed by atoms with Crippen LogP contribution in [0.25, 0.3) is 10.6 Å². The first-order valence-electron chi connectivity index (χ1n) is 6.19. The largest absolute Gasteiger partial charge is 0.477 e. The summed E-state index contributed by atoms with van der Waals surface area (Å²) < 4.78 is 7.13. The molecule has 9 heteroatoms. The number of carboxylic acid groups (broad SMARTS) is 1. The zero-order valence-corrected chi connectivity index (χ0v) is 12.6. The van der Waals surface area contributed by atoms with Crippen molar-refractivity contribution in [3.05, 3.63) is 45.7 Å². The summed E-state index contributed by atoms with van der Waals surface area (Å²) in [6.07, 6.45) is 0. The van der Waals surface area contributed by atoms with Crippen LogP contribution in [0.3, 0.4) is 0 Å². The highest BCUT2D eigenvalue weighted by atomic mass is 35.5. The number of aromatic nitrogens is 3. The average molecular weight is 340 g/mol. The lowest BCUT2D eigenvalue weighted by Crippen LogP contribution is -2.11. The smallest absolute Gasteiger partial charge is 0.354 e. The van der Waals surface area contributed by atoms with Gasteiger partial charge in [0.1, 0.15) is 11.4 Å². The van der Waals surface area contributed by atoms with Crippen molar-refractivity contribution in [2.45, 2.75) is 13.2 Å². The second kappa shape index (κ2) is 5.91. The van der Waals surface area contributed by atoms with Gasteiger partial charge in [0.25, 0.3) is 0 Å². The molecule has 0 aliphatic carbocycles. The standard InChI is InChI=1S/C13H10ClN3O4S/c14-12-2-1-11(22-12)10-4-7(16-21-10)5-17-9(13(19)20)3-8(6-18)15-17/h1-4,18H,5-6H2,(H,19,20). The van der Waals surface area contributed by atoms with Crippen LogP contribution >= 0.6 is 22.9 Å². The van der Waals surface area contributed by atoms with Gasteiger partial charge >= 0.3 is 5.97 Å². The van der Waals surface area contributed by atoms with Gasteiger partial charge in [-0.1, -0.05) is 16.8 Å². The van der Waals surface area contributed by atoms with E-state index >= 15 is 0 Å². The molecule has 0 aromatic carbocycles. The molecule has 0 radical (unpaired) electrons. The fraction of sp³-hybridized carbons (Fsp3) is 0.154. The van der Waals surface area contributed by atoms with Gasteiger partial charge in [0.05, 0.1) is 28.1 Å². The molecule has 3 heterocycles. The van der Waals surface area contributed by atoms with E-state index in [2.05, 4.69) is 10.3 Å². The lowest BCUT2D eigenvalue weighted by atomic mass is 10.3. The zero-order valence-electron chi connectivity index (χ0n) is 11.1. The maximum atomic E-state index is 11.2. The first-order chi connectivity index (χ1) is 10.6. The molecule has 3 aromatic heterocycles. The van der Waals surface area contributed by atoms with Gasteiger partial charge in [-0.3, -0.25) is 4.68 Å². The molecular formula is C13H10ClN3O4S. The molecular weight excluding hydrogens is 330 g/mol. The Morgan fingerprint density at radius 3 is 2.82 bits per heavy atom. The summed E-state index contributed by atoms with van der Waals surface area (Å²) in [6, 6.07) is 6.60. The summed E-state index contributed by atoms with van der Waals surface area (Å²) in [4.78, 5) is 12.0. The van der Waals surface area contributed by atoms with E-state index in [9.17, 15) is 4.79 Å². The number of aromatic carboxylic acids is 1. The van der Waals surface area contributed by atoms with Crippen molar-refractivity contribution in [3.63, 3.8) is 0 Å². The molecule has 0 unspecified atom stereocenters. The molecule has 0 saturated heterocycles. The summed E-state index contributed by atoms with van der Waals surface area (Å²) in [5.74, 6) is -0.570. The Labute approximate surface area is 133 Å². The lowest BCUT2D eigenvalue weighted by Gasteiger charge is -2.00. The third kappa shape index (κ3) is 2.89. The molecule has 2 N–H and O–H groups in total. The number of carbonyl (C=O) groups is 1. The van der Waals surface area contributed by atoms with Gasteiger partial charge in [0.15, 0.2) is 5.76 Å². The number of halogens is 1. The Bertz CT molecular complexity index is 823. The van der Waals surface area contributed by atoms with Crippen LogP contribution in [0, 0.1) is 0 Å². The van der Waals surface area contributed by atoms with E-state index in [1.54, 1.807) is 12.1 Å². The second-order valence-electron chi connectivity index (χ2n) is 4.43. The summed E-state index contributed by atoms with van der Waals surface area (Å²) in [5, 5.41) is 26.1. The number of hydrogen-bond acceptors (Lipinski definition) is 6. The van der Waals surface area contributed by atoms with Gasteiger partial charge in [0, 0.05) is 6.07 Å². The van der Waals surface area contributed by atoms with Gasteiger partial charge in [-0.25, -0.2) is 4.79 Å². The van der Waals surface area contributed by atoms with Gasteiger partial charge in [-0.15, -0.1) is 11.3 Å². The molecule has 7 nitrogen and oxygen atoms in total. The third-order valence-electron chi connectivity index (χ3n) is 2.90. The van der Waals surface area contributed by atoms with E-state index in [-0.39, 0.29) is 24.5 Å². The fourth-order valence-corrected chi connectivity index (χ4v) is 2.93. The van der Waals surface area contributed by atoms with Gasteiger partial charge in [-0.05, 0) is 18.2 Å². The first kappa shape index (κ1) is 14.8. The molecule has 114 valence electrons. The Hall–Kier alpha value is -2.16. The van der Waals surface area contributed by atoms with E-state index in [4.69, 9.17) is 26.3 Å². The maximum Gasteiger partial charge on any atom is 0.354 e. The van der Waals surface area contributed by atoms with Crippen LogP contribution in [-0.4, -0.2) is 31.1 Å². The summed E-state index contributed by atoms with van der Waals surface area (Å²) >= 11 is 7.23. The maximum absolute atomic E-state index is 11.2. The Balaban J connectivity index is 1.86. The van der Waals surface area contributed by atoms with Crippen LogP contribution in [0.1, 0.15) is 21.9 Å². The van der Waals surface area contributed by atoms with Crippen LogP contribution in [0.4, 0.5) is 0 Å². The van der Waals surface area contributed by atoms with Crippen molar-refractivity contribution in [3.8, 4) is 10.6 Å². The molecule has 0 amide bonds. The number of nitrogens with zero attached hydrogens (tertiary/aromatic N) is 3. The number of thiophene rings is 1. The molecule has 3 rings (SSSR count). The Kier molecular flexibility index (Phi) is 3.97. The number of aliphatic hydroxyl groups excluding tert-OH is 1. The highest BCUT2D eigenvalue weighted by molar-refractivity contribution is 7.19. The van der Waals surface area contributed by atoms with Crippen LogP contribution in [0.15, 0.2) is 28.8 Å². The molecule has 0 bridgehead atoms. The normalized spacial score (nSPS) is 11.0. The van der Waals surface area contributed by atoms with Crippen molar-refractivity contribution < 1.29 is 19.5 Å². The molecule has 0 aliphatic rings. The van der Waals surface area contributed by atoms with E-state index in [0.717, 1.165) is 4.88 Å². The fourth-order valence-electron chi connectivity index (χ4n) is 1.94. The molecule has 0 saturated carbocycles. The Morgan fingerprint density at radius 2 is 2.18 bits per heavy atom. The van der Waals surface area contributed by atoms with Crippen LogP contribution < -0.4 is 0 Å². The second-order valence-corrected chi connectivity index (χ2v) is 6.14. The van der Waals surface area contributed by atoms with Gasteiger partial charge in [0.2, 0.25) is 0 Å². The molecule has 3 aromatic rings. The van der Waals surface area contributed by atoms with E-state index in [1.807, 2.05) is 6.07 Å². The van der Waals surface area contributed by atoms with Crippen LogP contribution in [0.5, 0.6) is 0 Å². The zero-order chi connectivity index (χ0) is 15.7. The average Bonchev–Trinajstić information content (AvgIpc) is 3.18. The van der Waals surface area contributed by atoms with E-state index in [1.165, 1.54) is 22.1 Å². The van der Waals surface area contributed by atoms with E-state index < -0.39 is 5.97 Å². The van der Waals surface area contributed by atoms with Crippen molar-refractivity contribution in [1.29, 1.82) is 0 Å². The minimum atomic E-state index is -1.12. The predicted octanol–water partition coefficient (Wildman–Crippen LogP) is 2.49. The minimum Gasteiger partial charge on any atom is -0.477 e. The molecule has 0 aliphatic heterocycles. The minimum absolute atomic E-state index is 0.0206. The number of rotatable bonds is 5. The molecule has 0 atom stereocenters. The highest BCUT2D eigenvalue weighted by Crippen LogP contribution is 2.31. The van der Waals surface area contributed by atoms with Crippen molar-refractivity contribution in [2.24, 2.45) is 0 Å². The van der Waals surface area contributed by atoms with Crippen molar-refractivity contribution >= 4 is 28.9 Å². The van der Waals surface area contributed by atoms with Crippen LogP contribution in [0.2, 0.25) is 4.34 Å². The van der Waals surface area contributed by atoms with Crippen LogP contribution in [-0.2, 0) is 13.2 Å². The third-order valence-corrected chi connectivity index (χ3v) is 4.14. The number of hydrogen-bond donors (Lipinski definition) is 2. The molecule has 22 heavy (non-hydrogen) atoms. The molecule has 0 fully saturated rings. The SMILES string of the molecule is O=C(O)c1cc(CO)nn1Cc1cc(-c2ccc(Cl)s2)on1. The summed E-state index contributed by atoms with van der Waals surface area (Å²) in [7, 11) is 0. The Morgan fingerprint density at radius 1 is 1.36 bits per heavy atom. The molecule has 0 spiro atoms. The predicted molar refractivity (Wildman–Crippen MR) is 79.0 cm³/mol. The number of aliphatic hydroxyl groups is 1. The van der Waals surface area contributed by atoms with E-state index in [0.29, 0.717) is 15.8 Å². The topological polar surface area (TPSA) is 101 Å². The quantitative estimate of drug-likeness (QED) is 0.740. The number of carboxylic acids is 1. The van der Waals surface area contributed by atoms with Crippen molar-refractivity contribution in [2.75, 3.05) is 0 Å². The monoisotopic (exact) mass is 339 g/mol. The highest BCUT2D eigenvalue weighted by Gasteiger charge is 2.16. The van der Waals surface area contributed by atoms with Crippen molar-refractivity contribution in [1.82, 2.24) is 14.9 Å². The lowest BCUT2D eigenvalue weighted by molar-refractivity contribution is 0.0684. The van der Waals surface area contributed by atoms with Gasteiger partial charge in [-0.2, -0.15) is 5.10 Å².